The van der Waals surface area contributed by atoms with Crippen LogP contribution in [0, 0.1) is 5.41 Å². The first-order valence-electron chi connectivity index (χ1n) is 7.76. The molecule has 0 saturated heterocycles. The SMILES string of the molecule is CC1(/C(CCc2ccccc2)=N/NC(N)=O)CCCCC1. The van der Waals surface area contributed by atoms with Gasteiger partial charge < -0.3 is 5.73 Å². The van der Waals surface area contributed by atoms with Gasteiger partial charge in [0, 0.05) is 11.1 Å². The van der Waals surface area contributed by atoms with Crippen LogP contribution in [-0.2, 0) is 6.42 Å². The molecule has 0 radical (unpaired) electrons. The fraction of sp³-hybridized carbons (Fsp3) is 0.529. The average Bonchev–Trinajstić information content (AvgIpc) is 2.48. The second-order valence-corrected chi connectivity index (χ2v) is 6.14. The third-order valence-electron chi connectivity index (χ3n) is 4.45. The molecule has 1 aromatic rings. The normalized spacial score (nSPS) is 18.2. The summed E-state index contributed by atoms with van der Waals surface area (Å²) in [6.45, 7) is 2.26. The molecule has 1 aliphatic rings. The Morgan fingerprint density at radius 2 is 1.90 bits per heavy atom. The van der Waals surface area contributed by atoms with Gasteiger partial charge in [-0.1, -0.05) is 56.5 Å². The number of carbonyl (C=O) groups excluding carboxylic acids is 1. The lowest BCUT2D eigenvalue weighted by molar-refractivity contribution is 0.249. The lowest BCUT2D eigenvalue weighted by Crippen LogP contribution is -2.34. The Morgan fingerprint density at radius 1 is 1.24 bits per heavy atom. The van der Waals surface area contributed by atoms with Crippen molar-refractivity contribution in [3.63, 3.8) is 0 Å². The zero-order valence-electron chi connectivity index (χ0n) is 12.8. The lowest BCUT2D eigenvalue weighted by Gasteiger charge is -2.35. The second-order valence-electron chi connectivity index (χ2n) is 6.14. The number of primary amides is 1. The topological polar surface area (TPSA) is 67.5 Å². The van der Waals surface area contributed by atoms with Crippen LogP contribution in [0.1, 0.15) is 51.0 Å². The Balaban J connectivity index is 2.08. The minimum Gasteiger partial charge on any atom is -0.350 e. The van der Waals surface area contributed by atoms with Gasteiger partial charge in [0.2, 0.25) is 0 Å². The van der Waals surface area contributed by atoms with Crippen LogP contribution < -0.4 is 11.2 Å². The number of rotatable bonds is 5. The number of nitrogens with one attached hydrogen (secondary N) is 1. The number of nitrogens with zero attached hydrogens (tertiary/aromatic N) is 1. The highest BCUT2D eigenvalue weighted by Gasteiger charge is 2.32. The molecule has 0 heterocycles. The highest BCUT2D eigenvalue weighted by molar-refractivity contribution is 5.91. The van der Waals surface area contributed by atoms with E-state index in [1.54, 1.807) is 0 Å². The zero-order chi connectivity index (χ0) is 15.1. The van der Waals surface area contributed by atoms with Crippen molar-refractivity contribution in [2.24, 2.45) is 16.3 Å². The molecular formula is C17H25N3O. The minimum atomic E-state index is -0.591. The van der Waals surface area contributed by atoms with Gasteiger partial charge in [-0.25, -0.2) is 10.2 Å². The smallest absolute Gasteiger partial charge is 0.332 e. The zero-order valence-corrected chi connectivity index (χ0v) is 12.8. The highest BCUT2D eigenvalue weighted by Crippen LogP contribution is 2.38. The van der Waals surface area contributed by atoms with Gasteiger partial charge in [-0.15, -0.1) is 0 Å². The van der Waals surface area contributed by atoms with E-state index in [-0.39, 0.29) is 5.41 Å². The van der Waals surface area contributed by atoms with Crippen molar-refractivity contribution in [1.29, 1.82) is 0 Å². The van der Waals surface area contributed by atoms with Crippen LogP contribution in [0.4, 0.5) is 4.79 Å². The van der Waals surface area contributed by atoms with Crippen molar-refractivity contribution in [2.75, 3.05) is 0 Å². The summed E-state index contributed by atoms with van der Waals surface area (Å²) in [4.78, 5) is 11.0. The molecule has 3 N–H and O–H groups in total. The summed E-state index contributed by atoms with van der Waals surface area (Å²) < 4.78 is 0. The van der Waals surface area contributed by atoms with Crippen LogP contribution in [-0.4, -0.2) is 11.7 Å². The number of benzene rings is 1. The summed E-state index contributed by atoms with van der Waals surface area (Å²) in [6, 6.07) is 9.79. The first kappa shape index (κ1) is 15.5. The molecule has 4 nitrogen and oxygen atoms in total. The molecule has 0 spiro atoms. The Hall–Kier alpha value is -1.84. The molecule has 2 amide bonds. The van der Waals surface area contributed by atoms with Crippen LogP contribution in [0.3, 0.4) is 0 Å². The number of hydrazone groups is 1. The monoisotopic (exact) mass is 287 g/mol. The van der Waals surface area contributed by atoms with E-state index < -0.39 is 6.03 Å². The second kappa shape index (κ2) is 7.25. The summed E-state index contributed by atoms with van der Waals surface area (Å²) in [5.74, 6) is 0. The molecule has 1 aliphatic carbocycles. The Bertz CT molecular complexity index is 490. The Kier molecular flexibility index (Phi) is 5.37. The number of aryl methyl sites for hydroxylation is 1. The maximum atomic E-state index is 11.0. The molecule has 114 valence electrons. The van der Waals surface area contributed by atoms with E-state index in [1.165, 1.54) is 24.8 Å². The summed E-state index contributed by atoms with van der Waals surface area (Å²) >= 11 is 0. The predicted molar refractivity (Wildman–Crippen MR) is 86.1 cm³/mol. The van der Waals surface area contributed by atoms with Gasteiger partial charge in [-0.2, -0.15) is 5.10 Å². The van der Waals surface area contributed by atoms with Crippen LogP contribution in [0.5, 0.6) is 0 Å². The third-order valence-corrected chi connectivity index (χ3v) is 4.45. The highest BCUT2D eigenvalue weighted by atomic mass is 16.2. The number of amides is 2. The molecule has 0 bridgehead atoms. The van der Waals surface area contributed by atoms with Gasteiger partial charge in [0.05, 0.1) is 0 Å². The van der Waals surface area contributed by atoms with Crippen molar-refractivity contribution in [2.45, 2.75) is 51.9 Å². The fourth-order valence-electron chi connectivity index (χ4n) is 3.14. The number of carbonyl (C=O) groups is 1. The van der Waals surface area contributed by atoms with Crippen LogP contribution in [0.25, 0.3) is 0 Å². The number of hydrogen-bond acceptors (Lipinski definition) is 2. The first-order valence-corrected chi connectivity index (χ1v) is 7.76. The number of urea groups is 1. The number of hydrogen-bond donors (Lipinski definition) is 2. The van der Waals surface area contributed by atoms with Gasteiger partial charge in [0.15, 0.2) is 0 Å². The Labute approximate surface area is 126 Å². The van der Waals surface area contributed by atoms with E-state index in [4.69, 9.17) is 5.73 Å². The molecule has 1 saturated carbocycles. The van der Waals surface area contributed by atoms with E-state index in [0.717, 1.165) is 31.4 Å². The van der Waals surface area contributed by atoms with Gasteiger partial charge in [0.1, 0.15) is 0 Å². The van der Waals surface area contributed by atoms with E-state index >= 15 is 0 Å². The quantitative estimate of drug-likeness (QED) is 0.630. The molecule has 1 aromatic carbocycles. The van der Waals surface area contributed by atoms with E-state index in [9.17, 15) is 4.79 Å². The average molecular weight is 287 g/mol. The van der Waals surface area contributed by atoms with Gasteiger partial charge >= 0.3 is 6.03 Å². The summed E-state index contributed by atoms with van der Waals surface area (Å²) in [5, 5.41) is 4.33. The van der Waals surface area contributed by atoms with Gasteiger partial charge in [-0.3, -0.25) is 0 Å². The largest absolute Gasteiger partial charge is 0.350 e. The molecule has 0 atom stereocenters. The summed E-state index contributed by atoms with van der Waals surface area (Å²) in [5.41, 5.74) is 10.1. The molecular weight excluding hydrogens is 262 g/mol. The van der Waals surface area contributed by atoms with Crippen molar-refractivity contribution >= 4 is 11.7 Å². The molecule has 0 aliphatic heterocycles. The van der Waals surface area contributed by atoms with E-state index in [0.29, 0.717) is 0 Å². The van der Waals surface area contributed by atoms with Crippen LogP contribution >= 0.6 is 0 Å². The van der Waals surface area contributed by atoms with Gasteiger partial charge in [0.25, 0.3) is 0 Å². The molecule has 0 aromatic heterocycles. The van der Waals surface area contributed by atoms with Gasteiger partial charge in [-0.05, 0) is 31.2 Å². The lowest BCUT2D eigenvalue weighted by atomic mass is 9.71. The molecule has 2 rings (SSSR count). The summed E-state index contributed by atoms with van der Waals surface area (Å²) in [6.07, 6.45) is 7.85. The van der Waals surface area contributed by atoms with Crippen molar-refractivity contribution in [3.8, 4) is 0 Å². The molecule has 1 fully saturated rings. The fourth-order valence-corrected chi connectivity index (χ4v) is 3.14. The standard InChI is InChI=1S/C17H25N3O/c1-17(12-6-3-7-13-17)15(19-20-16(18)21)11-10-14-8-4-2-5-9-14/h2,4-5,8-9H,3,6-7,10-13H2,1H3,(H3,18,20,21)/b19-15+. The predicted octanol–water partition coefficient (Wildman–Crippen LogP) is 3.61. The molecule has 21 heavy (non-hydrogen) atoms. The van der Waals surface area contributed by atoms with Crippen LogP contribution in [0.15, 0.2) is 35.4 Å². The van der Waals surface area contributed by atoms with Crippen LogP contribution in [0.2, 0.25) is 0 Å². The maximum absolute atomic E-state index is 11.0. The third kappa shape index (κ3) is 4.59. The van der Waals surface area contributed by atoms with Crippen molar-refractivity contribution < 1.29 is 4.79 Å². The Morgan fingerprint density at radius 3 is 2.52 bits per heavy atom. The van der Waals surface area contributed by atoms with Crippen molar-refractivity contribution in [3.05, 3.63) is 35.9 Å². The molecule has 0 unspecified atom stereocenters. The first-order chi connectivity index (χ1) is 10.1. The number of nitrogens with two attached hydrogens (primary N) is 1. The molecule has 4 heteroatoms. The summed E-state index contributed by atoms with van der Waals surface area (Å²) in [7, 11) is 0. The van der Waals surface area contributed by atoms with Crippen molar-refractivity contribution in [1.82, 2.24) is 5.43 Å². The van der Waals surface area contributed by atoms with E-state index in [1.807, 2.05) is 6.07 Å². The minimum absolute atomic E-state index is 0.0927. The van der Waals surface area contributed by atoms with E-state index in [2.05, 4.69) is 41.7 Å². The maximum Gasteiger partial charge on any atom is 0.332 e.